The van der Waals surface area contributed by atoms with Crippen LogP contribution in [0.1, 0.15) is 34.2 Å². The number of carbonyl (C=O) groups is 1. The van der Waals surface area contributed by atoms with Crippen molar-refractivity contribution in [3.05, 3.63) is 71.0 Å². The highest BCUT2D eigenvalue weighted by Gasteiger charge is 2.18. The van der Waals surface area contributed by atoms with Gasteiger partial charge in [0.25, 0.3) is 5.91 Å². The largest absolute Gasteiger partial charge is 0.320 e. The Bertz CT molecular complexity index is 865. The van der Waals surface area contributed by atoms with Crippen LogP contribution in [0.2, 0.25) is 0 Å². The number of benzene rings is 2. The Kier molecular flexibility index (Phi) is 4.42. The van der Waals surface area contributed by atoms with Crippen LogP contribution in [-0.4, -0.2) is 20.9 Å². The van der Waals surface area contributed by atoms with Gasteiger partial charge in [-0.3, -0.25) is 4.79 Å². The number of hydrogen-bond donors (Lipinski definition) is 1. The topological polar surface area (TPSA) is 59.8 Å². The third-order valence-electron chi connectivity index (χ3n) is 4.09. The van der Waals surface area contributed by atoms with Gasteiger partial charge in [0.1, 0.15) is 0 Å². The maximum Gasteiger partial charge on any atom is 0.278 e. The first kappa shape index (κ1) is 15.9. The molecule has 0 radical (unpaired) electrons. The average molecular weight is 320 g/mol. The van der Waals surface area contributed by atoms with E-state index in [9.17, 15) is 4.79 Å². The highest BCUT2D eigenvalue weighted by molar-refractivity contribution is 6.03. The number of anilines is 1. The van der Waals surface area contributed by atoms with Gasteiger partial charge in [0, 0.05) is 5.69 Å². The number of amides is 1. The molecule has 0 aliphatic rings. The quantitative estimate of drug-likeness (QED) is 0.797. The second kappa shape index (κ2) is 6.66. The highest BCUT2D eigenvalue weighted by Crippen LogP contribution is 2.17. The monoisotopic (exact) mass is 320 g/mol. The Morgan fingerprint density at radius 2 is 1.79 bits per heavy atom. The predicted molar refractivity (Wildman–Crippen MR) is 94.6 cm³/mol. The van der Waals surface area contributed by atoms with Crippen LogP contribution in [0.25, 0.3) is 5.69 Å². The fourth-order valence-corrected chi connectivity index (χ4v) is 2.55. The van der Waals surface area contributed by atoms with Gasteiger partial charge >= 0.3 is 0 Å². The van der Waals surface area contributed by atoms with Crippen molar-refractivity contribution in [3.63, 3.8) is 0 Å². The minimum atomic E-state index is -0.252. The molecular weight excluding hydrogens is 300 g/mol. The van der Waals surface area contributed by atoms with Crippen LogP contribution in [0, 0.1) is 13.8 Å². The van der Waals surface area contributed by atoms with Gasteiger partial charge in [-0.2, -0.15) is 0 Å². The lowest BCUT2D eigenvalue weighted by atomic mass is 10.1. The van der Waals surface area contributed by atoms with Crippen LogP contribution in [-0.2, 0) is 6.42 Å². The number of rotatable bonds is 4. The third-order valence-corrected chi connectivity index (χ3v) is 4.09. The first-order chi connectivity index (χ1) is 11.6. The molecule has 0 saturated heterocycles. The molecule has 1 amide bonds. The summed E-state index contributed by atoms with van der Waals surface area (Å²) in [5.41, 5.74) is 4.99. The van der Waals surface area contributed by atoms with Crippen molar-refractivity contribution >= 4 is 11.6 Å². The lowest BCUT2D eigenvalue weighted by Crippen LogP contribution is -2.15. The van der Waals surface area contributed by atoms with Crippen LogP contribution < -0.4 is 5.32 Å². The lowest BCUT2D eigenvalue weighted by Gasteiger charge is -2.07. The van der Waals surface area contributed by atoms with Gasteiger partial charge in [-0.15, -0.1) is 5.10 Å². The van der Waals surface area contributed by atoms with E-state index in [0.29, 0.717) is 11.4 Å². The molecule has 0 saturated carbocycles. The van der Waals surface area contributed by atoms with Gasteiger partial charge in [0.2, 0.25) is 0 Å². The van der Waals surface area contributed by atoms with Crippen LogP contribution in [0.5, 0.6) is 0 Å². The molecule has 5 nitrogen and oxygen atoms in total. The molecule has 1 N–H and O–H groups in total. The summed E-state index contributed by atoms with van der Waals surface area (Å²) in [7, 11) is 0. The molecule has 1 aromatic heterocycles. The molecule has 0 bridgehead atoms. The second-order valence-electron chi connectivity index (χ2n) is 5.72. The van der Waals surface area contributed by atoms with Gasteiger partial charge in [-0.25, -0.2) is 4.68 Å². The smallest absolute Gasteiger partial charge is 0.278 e. The normalized spacial score (nSPS) is 10.6. The van der Waals surface area contributed by atoms with Crippen molar-refractivity contribution in [1.29, 1.82) is 0 Å². The zero-order valence-electron chi connectivity index (χ0n) is 14.1. The van der Waals surface area contributed by atoms with Gasteiger partial charge in [-0.05, 0) is 49.6 Å². The summed E-state index contributed by atoms with van der Waals surface area (Å²) in [6.45, 7) is 5.92. The van der Waals surface area contributed by atoms with Crippen molar-refractivity contribution in [2.24, 2.45) is 0 Å². The van der Waals surface area contributed by atoms with Crippen molar-refractivity contribution < 1.29 is 4.79 Å². The van der Waals surface area contributed by atoms with Gasteiger partial charge < -0.3 is 5.32 Å². The molecule has 1 heterocycles. The molecule has 0 aliphatic heterocycles. The number of aromatic nitrogens is 3. The number of nitrogens with one attached hydrogen (secondary N) is 1. The van der Waals surface area contributed by atoms with Crippen LogP contribution in [0.4, 0.5) is 5.69 Å². The third kappa shape index (κ3) is 3.06. The number of para-hydroxylation sites is 1. The van der Waals surface area contributed by atoms with Crippen molar-refractivity contribution in [2.45, 2.75) is 27.2 Å². The number of carbonyl (C=O) groups excluding carboxylic acids is 1. The van der Waals surface area contributed by atoms with Gasteiger partial charge in [0.15, 0.2) is 5.69 Å². The van der Waals surface area contributed by atoms with Gasteiger partial charge in [-0.1, -0.05) is 42.5 Å². The number of nitrogens with zero attached hydrogens (tertiary/aromatic N) is 3. The molecule has 3 aromatic rings. The zero-order valence-corrected chi connectivity index (χ0v) is 14.1. The summed E-state index contributed by atoms with van der Waals surface area (Å²) in [5, 5.41) is 11.1. The molecule has 3 rings (SSSR count). The molecule has 0 aliphatic carbocycles. The average Bonchev–Trinajstić information content (AvgIpc) is 2.98. The Labute approximate surface area is 141 Å². The summed E-state index contributed by atoms with van der Waals surface area (Å²) in [6.07, 6.45) is 0.987. The summed E-state index contributed by atoms with van der Waals surface area (Å²) in [6, 6.07) is 15.7. The van der Waals surface area contributed by atoms with E-state index < -0.39 is 0 Å². The molecule has 0 atom stereocenters. The van der Waals surface area contributed by atoms with Crippen molar-refractivity contribution in [3.8, 4) is 5.69 Å². The maximum atomic E-state index is 12.5. The van der Waals surface area contributed by atoms with Crippen LogP contribution >= 0.6 is 0 Å². The molecular formula is C19H20N4O. The Balaban J connectivity index is 1.86. The van der Waals surface area contributed by atoms with E-state index in [1.807, 2.05) is 50.2 Å². The minimum absolute atomic E-state index is 0.252. The highest BCUT2D eigenvalue weighted by atomic mass is 16.2. The van der Waals surface area contributed by atoms with Crippen molar-refractivity contribution in [1.82, 2.24) is 15.0 Å². The van der Waals surface area contributed by atoms with Crippen LogP contribution in [0.3, 0.4) is 0 Å². The first-order valence-corrected chi connectivity index (χ1v) is 7.98. The summed E-state index contributed by atoms with van der Waals surface area (Å²) < 4.78 is 1.69. The Hall–Kier alpha value is -2.95. The summed E-state index contributed by atoms with van der Waals surface area (Å²) >= 11 is 0. The van der Waals surface area contributed by atoms with E-state index in [1.54, 1.807) is 4.68 Å². The number of aryl methyl sites for hydroxylation is 2. The fraction of sp³-hybridized carbons (Fsp3) is 0.211. The van der Waals surface area contributed by atoms with E-state index in [-0.39, 0.29) is 5.91 Å². The molecule has 0 unspecified atom stereocenters. The molecule has 0 spiro atoms. The second-order valence-corrected chi connectivity index (χ2v) is 5.72. The Morgan fingerprint density at radius 1 is 1.08 bits per heavy atom. The van der Waals surface area contributed by atoms with Gasteiger partial charge in [0.05, 0.1) is 11.4 Å². The van der Waals surface area contributed by atoms with E-state index in [4.69, 9.17) is 0 Å². The number of hydrogen-bond acceptors (Lipinski definition) is 3. The van der Waals surface area contributed by atoms with E-state index in [1.165, 1.54) is 5.56 Å². The van der Waals surface area contributed by atoms with E-state index in [0.717, 1.165) is 23.4 Å². The zero-order chi connectivity index (χ0) is 17.1. The Morgan fingerprint density at radius 3 is 2.46 bits per heavy atom. The minimum Gasteiger partial charge on any atom is -0.320 e. The van der Waals surface area contributed by atoms with Crippen molar-refractivity contribution in [2.75, 3.05) is 5.32 Å². The molecule has 24 heavy (non-hydrogen) atoms. The first-order valence-electron chi connectivity index (χ1n) is 7.98. The predicted octanol–water partition coefficient (Wildman–Crippen LogP) is 3.70. The molecule has 2 aromatic carbocycles. The van der Waals surface area contributed by atoms with Crippen LogP contribution in [0.15, 0.2) is 48.5 Å². The standard InChI is InChI=1S/C19H20N4O/c1-4-15-9-11-16(12-10-15)23-14(3)18(21-22-23)19(24)20-17-8-6-5-7-13(17)2/h5-12H,4H2,1-3H3,(H,20,24). The SMILES string of the molecule is CCc1ccc(-n2nnc(C(=O)Nc3ccccc3C)c2C)cc1. The molecule has 0 fully saturated rings. The van der Waals surface area contributed by atoms with E-state index >= 15 is 0 Å². The lowest BCUT2D eigenvalue weighted by molar-refractivity contribution is 0.102. The molecule has 122 valence electrons. The summed E-state index contributed by atoms with van der Waals surface area (Å²) in [5.74, 6) is -0.252. The maximum absolute atomic E-state index is 12.5. The molecule has 5 heteroatoms. The fourth-order valence-electron chi connectivity index (χ4n) is 2.55. The summed E-state index contributed by atoms with van der Waals surface area (Å²) in [4.78, 5) is 12.5. The van der Waals surface area contributed by atoms with E-state index in [2.05, 4.69) is 34.7 Å².